The lowest BCUT2D eigenvalue weighted by atomic mass is 10.1. The number of amides is 1. The molecule has 0 bridgehead atoms. The van der Waals surface area contributed by atoms with Crippen LogP contribution in [0.2, 0.25) is 0 Å². The smallest absolute Gasteiger partial charge is 0.406 e. The van der Waals surface area contributed by atoms with Crippen LogP contribution >= 0.6 is 0 Å². The van der Waals surface area contributed by atoms with Gasteiger partial charge in [0.15, 0.2) is 23.2 Å². The van der Waals surface area contributed by atoms with Crippen molar-refractivity contribution in [2.75, 3.05) is 32.2 Å². The normalized spacial score (nSPS) is 29.9. The number of hydrogen-bond acceptors (Lipinski definition) is 10. The summed E-state index contributed by atoms with van der Waals surface area (Å²) in [7, 11) is 1.42. The summed E-state index contributed by atoms with van der Waals surface area (Å²) < 4.78 is 17.5. The van der Waals surface area contributed by atoms with E-state index in [1.54, 1.807) is 0 Å². The van der Waals surface area contributed by atoms with Crippen LogP contribution < -0.4 is 10.6 Å². The number of rotatable bonds is 5. The van der Waals surface area contributed by atoms with Gasteiger partial charge in [-0.2, -0.15) is 0 Å². The molecule has 0 spiro atoms. The first-order valence-electron chi connectivity index (χ1n) is 8.96. The summed E-state index contributed by atoms with van der Waals surface area (Å²) in [5.74, 6) is 0.562. The maximum Gasteiger partial charge on any atom is 0.406 e. The molecule has 4 heterocycles. The zero-order valence-electron chi connectivity index (χ0n) is 15.2. The van der Waals surface area contributed by atoms with Crippen LogP contribution in [0.25, 0.3) is 11.2 Å². The second-order valence-corrected chi connectivity index (χ2v) is 6.65. The van der Waals surface area contributed by atoms with Gasteiger partial charge in [-0.3, -0.25) is 4.57 Å². The molecule has 0 aromatic carbocycles. The molecule has 0 unspecified atom stereocenters. The van der Waals surface area contributed by atoms with Crippen molar-refractivity contribution in [3.8, 4) is 0 Å². The summed E-state index contributed by atoms with van der Waals surface area (Å²) >= 11 is 0. The van der Waals surface area contributed by atoms with Gasteiger partial charge in [-0.25, -0.2) is 19.7 Å². The van der Waals surface area contributed by atoms with Crippen LogP contribution in [0.5, 0.6) is 0 Å². The first-order valence-corrected chi connectivity index (χ1v) is 8.96. The number of imidazole rings is 1. The van der Waals surface area contributed by atoms with Crippen LogP contribution in [-0.4, -0.2) is 87.0 Å². The van der Waals surface area contributed by atoms with Crippen LogP contribution in [0.3, 0.4) is 0 Å². The summed E-state index contributed by atoms with van der Waals surface area (Å²) in [6.45, 7) is 1.08. The molecule has 2 saturated heterocycles. The Bertz CT molecular complexity index is 840. The van der Waals surface area contributed by atoms with Crippen molar-refractivity contribution in [1.82, 2.24) is 24.8 Å². The van der Waals surface area contributed by atoms with Gasteiger partial charge in [0.25, 0.3) is 0 Å². The van der Waals surface area contributed by atoms with Gasteiger partial charge in [-0.15, -0.1) is 0 Å². The minimum Gasteiger partial charge on any atom is -0.447 e. The fourth-order valence-corrected chi connectivity index (χ4v) is 3.31. The van der Waals surface area contributed by atoms with Crippen molar-refractivity contribution in [2.24, 2.45) is 0 Å². The molecule has 2 fully saturated rings. The van der Waals surface area contributed by atoms with E-state index in [-0.39, 0.29) is 12.6 Å². The molecule has 5 atom stereocenters. The fourth-order valence-electron chi connectivity index (χ4n) is 3.31. The van der Waals surface area contributed by atoms with Crippen molar-refractivity contribution in [3.05, 3.63) is 12.7 Å². The molecule has 0 saturated carbocycles. The van der Waals surface area contributed by atoms with E-state index in [9.17, 15) is 15.0 Å². The second-order valence-electron chi connectivity index (χ2n) is 6.65. The van der Waals surface area contributed by atoms with Crippen LogP contribution in [0.1, 0.15) is 12.6 Å². The van der Waals surface area contributed by atoms with Crippen LogP contribution in [-0.2, 0) is 14.2 Å². The van der Waals surface area contributed by atoms with Crippen LogP contribution in [0, 0.1) is 0 Å². The average Bonchev–Trinajstić information content (AvgIpc) is 3.42. The number of fused-ring (bicyclic) bond motifs is 1. The Morgan fingerprint density at radius 3 is 2.96 bits per heavy atom. The molecule has 2 aliphatic rings. The van der Waals surface area contributed by atoms with E-state index >= 15 is 0 Å². The lowest BCUT2D eigenvalue weighted by Gasteiger charge is -2.17. The number of aliphatic hydroxyl groups excluding tert-OH is 2. The van der Waals surface area contributed by atoms with Crippen molar-refractivity contribution in [2.45, 2.75) is 37.0 Å². The number of carbonyl (C=O) groups excluding carboxylic acids is 1. The molecule has 2 aromatic heterocycles. The number of aliphatic hydroxyl groups is 2. The maximum atomic E-state index is 11.2. The summed E-state index contributed by atoms with van der Waals surface area (Å²) in [6.07, 6.45) is -1.22. The zero-order valence-corrected chi connectivity index (χ0v) is 15.2. The Morgan fingerprint density at radius 2 is 2.21 bits per heavy atom. The molecule has 4 N–H and O–H groups in total. The average molecular weight is 394 g/mol. The monoisotopic (exact) mass is 394 g/mol. The minimum atomic E-state index is -1.25. The topological polar surface area (TPSA) is 153 Å². The third-order valence-corrected chi connectivity index (χ3v) is 4.82. The molecule has 2 aromatic rings. The van der Waals surface area contributed by atoms with Crippen molar-refractivity contribution >= 4 is 23.1 Å². The van der Waals surface area contributed by atoms with Crippen LogP contribution in [0.4, 0.5) is 10.6 Å². The lowest BCUT2D eigenvalue weighted by Crippen LogP contribution is -2.35. The van der Waals surface area contributed by atoms with Crippen molar-refractivity contribution in [1.29, 1.82) is 0 Å². The van der Waals surface area contributed by atoms with Gasteiger partial charge < -0.3 is 35.1 Å². The number of hydrogen-bond donors (Lipinski definition) is 4. The molecule has 1 amide bonds. The first kappa shape index (κ1) is 18.8. The number of carbonyl (C=O) groups is 1. The van der Waals surface area contributed by atoms with Gasteiger partial charge in [-0.05, 0) is 6.42 Å². The molecule has 28 heavy (non-hydrogen) atoms. The summed E-state index contributed by atoms with van der Waals surface area (Å²) in [5.41, 5.74) is 0.963. The van der Waals surface area contributed by atoms with Gasteiger partial charge in [0.1, 0.15) is 31.2 Å². The second kappa shape index (κ2) is 7.83. The quantitative estimate of drug-likeness (QED) is 0.497. The minimum absolute atomic E-state index is 0.143. The Morgan fingerprint density at radius 1 is 1.36 bits per heavy atom. The fraction of sp³-hybridized carbons (Fsp3) is 0.625. The lowest BCUT2D eigenvalue weighted by molar-refractivity contribution is -0.0531. The SMILES string of the molecule is CNC(=O)OC[C@@H]1O[C@H](n2cnc3c(N[C@@H]4CCOC4)ncnc32)[C@@H](O)[C@H]1O. The van der Waals surface area contributed by atoms with Crippen LogP contribution in [0.15, 0.2) is 12.7 Å². The van der Waals surface area contributed by atoms with Gasteiger partial charge in [0, 0.05) is 13.7 Å². The first-order chi connectivity index (χ1) is 13.6. The number of alkyl carbamates (subject to hydrolysis) is 1. The van der Waals surface area contributed by atoms with E-state index in [4.69, 9.17) is 14.2 Å². The van der Waals surface area contributed by atoms with E-state index in [1.807, 2.05) is 0 Å². The van der Waals surface area contributed by atoms with E-state index in [0.29, 0.717) is 30.2 Å². The summed E-state index contributed by atoms with van der Waals surface area (Å²) in [6, 6.07) is 0.143. The largest absolute Gasteiger partial charge is 0.447 e. The molecule has 2 aliphatic heterocycles. The predicted molar refractivity (Wildman–Crippen MR) is 94.5 cm³/mol. The highest BCUT2D eigenvalue weighted by atomic mass is 16.6. The number of ether oxygens (including phenoxy) is 3. The zero-order chi connectivity index (χ0) is 19.7. The van der Waals surface area contributed by atoms with E-state index < -0.39 is 30.6 Å². The summed E-state index contributed by atoms with van der Waals surface area (Å²) in [4.78, 5) is 24.1. The van der Waals surface area contributed by atoms with Crippen molar-refractivity contribution < 1.29 is 29.2 Å². The molecule has 0 aliphatic carbocycles. The Balaban J connectivity index is 1.54. The predicted octanol–water partition coefficient (Wildman–Crippen LogP) is -0.998. The molecular formula is C16H22N6O6. The maximum absolute atomic E-state index is 11.2. The molecular weight excluding hydrogens is 372 g/mol. The van der Waals surface area contributed by atoms with Gasteiger partial charge in [0.2, 0.25) is 0 Å². The van der Waals surface area contributed by atoms with Gasteiger partial charge in [0.05, 0.1) is 19.0 Å². The molecule has 0 radical (unpaired) electrons. The molecule has 4 rings (SSSR count). The summed E-state index contributed by atoms with van der Waals surface area (Å²) in [5, 5.41) is 26.3. The standard InChI is InChI=1S/C16H22N6O6/c1-17-16(25)27-5-9-11(23)12(24)15(28-9)22-7-20-10-13(18-6-19-14(10)22)21-8-2-3-26-4-8/h6-9,11-12,15,23-24H,2-5H2,1H3,(H,17,25)(H,18,19,21)/t8-,9+,11+,12+,15+/m1/s1. The Hall–Kier alpha value is -2.54. The number of aromatic nitrogens is 4. The molecule has 12 heteroatoms. The number of nitrogens with zero attached hydrogens (tertiary/aromatic N) is 4. The molecule has 152 valence electrons. The third-order valence-electron chi connectivity index (χ3n) is 4.82. The number of nitrogens with one attached hydrogen (secondary N) is 2. The highest BCUT2D eigenvalue weighted by Crippen LogP contribution is 2.32. The van der Waals surface area contributed by atoms with Crippen molar-refractivity contribution in [3.63, 3.8) is 0 Å². The van der Waals surface area contributed by atoms with Gasteiger partial charge in [-0.1, -0.05) is 0 Å². The Labute approximate surface area is 159 Å². The highest BCUT2D eigenvalue weighted by molar-refractivity contribution is 5.82. The van der Waals surface area contributed by atoms with Gasteiger partial charge >= 0.3 is 6.09 Å². The number of anilines is 1. The molecule has 12 nitrogen and oxygen atoms in total. The highest BCUT2D eigenvalue weighted by Gasteiger charge is 2.45. The van der Waals surface area contributed by atoms with E-state index in [1.165, 1.54) is 24.3 Å². The van der Waals surface area contributed by atoms with E-state index in [0.717, 1.165) is 6.42 Å². The van der Waals surface area contributed by atoms with E-state index in [2.05, 4.69) is 25.6 Å². The third kappa shape index (κ3) is 3.46. The Kier molecular flexibility index (Phi) is 5.26.